The van der Waals surface area contributed by atoms with E-state index in [0.29, 0.717) is 21.5 Å². The second-order valence-electron chi connectivity index (χ2n) is 6.11. The zero-order chi connectivity index (χ0) is 19.1. The van der Waals surface area contributed by atoms with Crippen molar-refractivity contribution in [2.75, 3.05) is 7.11 Å². The van der Waals surface area contributed by atoms with Crippen LogP contribution in [0.3, 0.4) is 0 Å². The molecule has 0 bridgehead atoms. The molecule has 0 amide bonds. The molecule has 8 heteroatoms. The van der Waals surface area contributed by atoms with Crippen LogP contribution in [-0.4, -0.2) is 33.1 Å². The van der Waals surface area contributed by atoms with Crippen molar-refractivity contribution >= 4 is 38.0 Å². The number of methoxy groups -OCH3 is 1. The smallest absolute Gasteiger partial charge is 0.291 e. The van der Waals surface area contributed by atoms with Crippen LogP contribution in [0.15, 0.2) is 40.5 Å². The number of thiophene rings is 1. The number of phenols is 1. The number of hydrogen-bond acceptors (Lipinski definition) is 7. The van der Waals surface area contributed by atoms with E-state index >= 15 is 0 Å². The maximum atomic E-state index is 12.8. The predicted octanol–water partition coefficient (Wildman–Crippen LogP) is 3.22. The van der Waals surface area contributed by atoms with Gasteiger partial charge in [-0.25, -0.2) is 9.97 Å². The number of fused-ring (bicyclic) bond motifs is 3. The largest absolute Gasteiger partial charge is 0.504 e. The van der Waals surface area contributed by atoms with Crippen molar-refractivity contribution in [2.45, 2.75) is 13.8 Å². The first-order chi connectivity index (χ1) is 13.0. The van der Waals surface area contributed by atoms with Crippen molar-refractivity contribution in [3.8, 4) is 11.5 Å². The highest BCUT2D eigenvalue weighted by molar-refractivity contribution is 7.25. The number of hydrogen-bond donors (Lipinski definition) is 1. The Hall–Kier alpha value is -3.26. The molecule has 0 spiro atoms. The van der Waals surface area contributed by atoms with E-state index in [2.05, 4.69) is 15.1 Å². The van der Waals surface area contributed by atoms with Crippen LogP contribution in [0.2, 0.25) is 0 Å². The number of aryl methyl sites for hydroxylation is 2. The van der Waals surface area contributed by atoms with Crippen molar-refractivity contribution in [2.24, 2.45) is 5.10 Å². The van der Waals surface area contributed by atoms with E-state index in [1.54, 1.807) is 12.1 Å². The van der Waals surface area contributed by atoms with E-state index in [0.717, 1.165) is 21.5 Å². The van der Waals surface area contributed by atoms with E-state index in [1.807, 2.05) is 19.9 Å². The Bertz CT molecular complexity index is 1270. The minimum Gasteiger partial charge on any atom is -0.504 e. The summed E-state index contributed by atoms with van der Waals surface area (Å²) in [6.45, 7) is 3.92. The standard InChI is InChI=1S/C19H16N4O3S/c1-10-6-11(2)22-18-15(10)16-17(27-18)19(25)23(9-20-16)21-8-12-4-5-13(24)14(7-12)26-3/h4-9,24H,1-3H3. The van der Waals surface area contributed by atoms with Crippen LogP contribution in [0.4, 0.5) is 0 Å². The quantitative estimate of drug-likeness (QED) is 0.551. The van der Waals surface area contributed by atoms with Crippen molar-refractivity contribution in [3.05, 3.63) is 57.8 Å². The number of phenolic OH excluding ortho intramolecular Hbond substituents is 1. The van der Waals surface area contributed by atoms with E-state index in [1.165, 1.54) is 41.7 Å². The number of rotatable bonds is 3. The molecule has 0 aliphatic carbocycles. The van der Waals surface area contributed by atoms with Gasteiger partial charge < -0.3 is 9.84 Å². The summed E-state index contributed by atoms with van der Waals surface area (Å²) in [5, 5.41) is 14.8. The Balaban J connectivity index is 1.81. The molecule has 0 aliphatic rings. The Morgan fingerprint density at radius 2 is 2.11 bits per heavy atom. The summed E-state index contributed by atoms with van der Waals surface area (Å²) in [5.41, 5.74) is 3.05. The summed E-state index contributed by atoms with van der Waals surface area (Å²) in [6, 6.07) is 6.80. The van der Waals surface area contributed by atoms with Crippen LogP contribution in [0, 0.1) is 13.8 Å². The molecule has 3 aromatic heterocycles. The molecule has 0 radical (unpaired) electrons. The van der Waals surface area contributed by atoms with E-state index in [4.69, 9.17) is 4.74 Å². The monoisotopic (exact) mass is 380 g/mol. The minimum atomic E-state index is -0.248. The number of pyridine rings is 1. The highest BCUT2D eigenvalue weighted by atomic mass is 32.1. The van der Waals surface area contributed by atoms with E-state index in [9.17, 15) is 9.90 Å². The Kier molecular flexibility index (Phi) is 4.12. The fourth-order valence-corrected chi connectivity index (χ4v) is 4.12. The van der Waals surface area contributed by atoms with E-state index in [-0.39, 0.29) is 11.3 Å². The molecule has 136 valence electrons. The zero-order valence-electron chi connectivity index (χ0n) is 14.9. The maximum absolute atomic E-state index is 12.8. The first-order valence-electron chi connectivity index (χ1n) is 8.17. The van der Waals surface area contributed by atoms with Gasteiger partial charge in [0.2, 0.25) is 0 Å². The summed E-state index contributed by atoms with van der Waals surface area (Å²) in [7, 11) is 1.47. The van der Waals surface area contributed by atoms with Gasteiger partial charge in [-0.2, -0.15) is 9.78 Å². The van der Waals surface area contributed by atoms with E-state index < -0.39 is 0 Å². The van der Waals surface area contributed by atoms with Crippen LogP contribution in [0.25, 0.3) is 20.4 Å². The average Bonchev–Trinajstić information content (AvgIpc) is 3.01. The second kappa shape index (κ2) is 6.48. The highest BCUT2D eigenvalue weighted by Crippen LogP contribution is 2.31. The number of benzene rings is 1. The Morgan fingerprint density at radius 1 is 1.30 bits per heavy atom. The molecular formula is C19H16N4O3S. The average molecular weight is 380 g/mol. The van der Waals surface area contributed by atoms with Crippen molar-refractivity contribution < 1.29 is 9.84 Å². The third-order valence-corrected chi connectivity index (χ3v) is 5.26. The molecule has 4 rings (SSSR count). The Morgan fingerprint density at radius 3 is 2.89 bits per heavy atom. The zero-order valence-corrected chi connectivity index (χ0v) is 15.7. The number of aromatic hydroxyl groups is 1. The third kappa shape index (κ3) is 2.93. The summed E-state index contributed by atoms with van der Waals surface area (Å²) in [4.78, 5) is 22.6. The van der Waals surface area contributed by atoms with Crippen LogP contribution in [0.5, 0.6) is 11.5 Å². The molecule has 0 unspecified atom stereocenters. The van der Waals surface area contributed by atoms with Gasteiger partial charge in [0.15, 0.2) is 11.5 Å². The lowest BCUT2D eigenvalue weighted by Gasteiger charge is -2.03. The van der Waals surface area contributed by atoms with Gasteiger partial charge in [-0.05, 0) is 49.2 Å². The molecule has 0 fully saturated rings. The number of ether oxygens (including phenoxy) is 1. The second-order valence-corrected chi connectivity index (χ2v) is 7.11. The van der Waals surface area contributed by atoms with Gasteiger partial charge in [0.1, 0.15) is 15.9 Å². The summed E-state index contributed by atoms with van der Waals surface area (Å²) < 4.78 is 6.79. The topological polar surface area (TPSA) is 89.6 Å². The summed E-state index contributed by atoms with van der Waals surface area (Å²) in [6.07, 6.45) is 2.92. The summed E-state index contributed by atoms with van der Waals surface area (Å²) in [5.74, 6) is 0.375. The van der Waals surface area contributed by atoms with Crippen LogP contribution >= 0.6 is 11.3 Å². The molecule has 7 nitrogen and oxygen atoms in total. The predicted molar refractivity (Wildman–Crippen MR) is 106 cm³/mol. The van der Waals surface area contributed by atoms with Gasteiger partial charge in [-0.15, -0.1) is 11.3 Å². The van der Waals surface area contributed by atoms with Crippen molar-refractivity contribution in [3.63, 3.8) is 0 Å². The SMILES string of the molecule is COc1cc(C=Nn2cnc3c(sc4nc(C)cc(C)c43)c2=O)ccc1O. The Labute approximate surface area is 158 Å². The van der Waals surface area contributed by atoms with Gasteiger partial charge in [-0.1, -0.05) is 0 Å². The van der Waals surface area contributed by atoms with Gasteiger partial charge in [-0.3, -0.25) is 4.79 Å². The van der Waals surface area contributed by atoms with Gasteiger partial charge >= 0.3 is 0 Å². The number of nitrogens with zero attached hydrogens (tertiary/aromatic N) is 4. The van der Waals surface area contributed by atoms with Crippen LogP contribution < -0.4 is 10.3 Å². The van der Waals surface area contributed by atoms with Gasteiger partial charge in [0.05, 0.1) is 18.8 Å². The van der Waals surface area contributed by atoms with Crippen molar-refractivity contribution in [1.82, 2.24) is 14.6 Å². The van der Waals surface area contributed by atoms with Gasteiger partial charge in [0.25, 0.3) is 5.56 Å². The molecule has 1 N–H and O–H groups in total. The molecule has 3 heterocycles. The molecule has 0 saturated carbocycles. The lowest BCUT2D eigenvalue weighted by molar-refractivity contribution is 0.373. The first-order valence-corrected chi connectivity index (χ1v) is 8.99. The highest BCUT2D eigenvalue weighted by Gasteiger charge is 2.14. The fraction of sp³-hybridized carbons (Fsp3) is 0.158. The van der Waals surface area contributed by atoms with Crippen LogP contribution in [-0.2, 0) is 0 Å². The molecule has 0 atom stereocenters. The normalized spacial score (nSPS) is 11.7. The third-order valence-electron chi connectivity index (χ3n) is 4.20. The minimum absolute atomic E-state index is 0.0401. The maximum Gasteiger partial charge on any atom is 0.291 e. The molecule has 1 aromatic carbocycles. The number of aromatic nitrogens is 3. The molecule has 27 heavy (non-hydrogen) atoms. The van der Waals surface area contributed by atoms with Gasteiger partial charge in [0, 0.05) is 11.1 Å². The molecule has 4 aromatic rings. The fourth-order valence-electron chi connectivity index (χ4n) is 2.95. The lowest BCUT2D eigenvalue weighted by atomic mass is 10.1. The van der Waals surface area contributed by atoms with Crippen LogP contribution in [0.1, 0.15) is 16.8 Å². The molecule has 0 saturated heterocycles. The summed E-state index contributed by atoms with van der Waals surface area (Å²) >= 11 is 1.33. The first kappa shape index (κ1) is 17.2. The molecule has 0 aliphatic heterocycles. The molecular weight excluding hydrogens is 364 g/mol. The van der Waals surface area contributed by atoms with Crippen molar-refractivity contribution in [1.29, 1.82) is 0 Å². The lowest BCUT2D eigenvalue weighted by Crippen LogP contribution is -2.15.